The van der Waals surface area contributed by atoms with Crippen LogP contribution in [0.3, 0.4) is 0 Å². The predicted molar refractivity (Wildman–Crippen MR) is 65.6 cm³/mol. The van der Waals surface area contributed by atoms with Gasteiger partial charge in [-0.1, -0.05) is 0 Å². The van der Waals surface area contributed by atoms with E-state index in [0.29, 0.717) is 17.2 Å². The SMILES string of the molecule is Nc1ccc(F)cc1-c1nc(N2CCCC2)no1. The first-order chi connectivity index (χ1) is 8.74. The van der Waals surface area contributed by atoms with Crippen LogP contribution < -0.4 is 10.6 Å². The molecule has 0 saturated carbocycles. The van der Waals surface area contributed by atoms with E-state index in [1.807, 2.05) is 4.90 Å². The van der Waals surface area contributed by atoms with Gasteiger partial charge in [0.15, 0.2) is 0 Å². The molecule has 1 aromatic carbocycles. The van der Waals surface area contributed by atoms with E-state index in [1.54, 1.807) is 0 Å². The van der Waals surface area contributed by atoms with Crippen LogP contribution in [0.4, 0.5) is 16.0 Å². The highest BCUT2D eigenvalue weighted by Crippen LogP contribution is 2.27. The van der Waals surface area contributed by atoms with Crippen LogP contribution in [-0.4, -0.2) is 23.2 Å². The van der Waals surface area contributed by atoms with Crippen molar-refractivity contribution < 1.29 is 8.91 Å². The smallest absolute Gasteiger partial charge is 0.266 e. The monoisotopic (exact) mass is 248 g/mol. The number of hydrogen-bond acceptors (Lipinski definition) is 5. The Morgan fingerprint density at radius 1 is 1.28 bits per heavy atom. The molecule has 2 N–H and O–H groups in total. The Balaban J connectivity index is 1.94. The lowest BCUT2D eigenvalue weighted by molar-refractivity contribution is 0.430. The van der Waals surface area contributed by atoms with Gasteiger partial charge in [-0.15, -0.1) is 0 Å². The number of aromatic nitrogens is 2. The number of nitrogens with two attached hydrogens (primary N) is 1. The van der Waals surface area contributed by atoms with Crippen LogP contribution in [0.25, 0.3) is 11.5 Å². The molecule has 0 radical (unpaired) electrons. The molecule has 0 atom stereocenters. The van der Waals surface area contributed by atoms with Crippen molar-refractivity contribution in [3.05, 3.63) is 24.0 Å². The van der Waals surface area contributed by atoms with Crippen molar-refractivity contribution >= 4 is 11.6 Å². The van der Waals surface area contributed by atoms with Crippen molar-refractivity contribution in [2.45, 2.75) is 12.8 Å². The lowest BCUT2D eigenvalue weighted by Gasteiger charge is -2.09. The molecular formula is C12H13FN4O. The summed E-state index contributed by atoms with van der Waals surface area (Å²) in [5.74, 6) is 0.431. The van der Waals surface area contributed by atoms with Crippen LogP contribution in [-0.2, 0) is 0 Å². The zero-order chi connectivity index (χ0) is 12.5. The van der Waals surface area contributed by atoms with Gasteiger partial charge in [0.1, 0.15) is 5.82 Å². The molecule has 94 valence electrons. The third-order valence-electron chi connectivity index (χ3n) is 3.05. The molecule has 0 spiro atoms. The molecule has 6 heteroatoms. The first-order valence-electron chi connectivity index (χ1n) is 5.88. The molecule has 3 rings (SSSR count). The van der Waals surface area contributed by atoms with E-state index in [4.69, 9.17) is 10.3 Å². The number of nitrogens with zero attached hydrogens (tertiary/aromatic N) is 3. The maximum absolute atomic E-state index is 13.2. The molecule has 0 unspecified atom stereocenters. The molecule has 5 nitrogen and oxygen atoms in total. The Kier molecular flexibility index (Phi) is 2.62. The van der Waals surface area contributed by atoms with Crippen LogP contribution in [0.2, 0.25) is 0 Å². The van der Waals surface area contributed by atoms with Crippen LogP contribution in [0.15, 0.2) is 22.7 Å². The average molecular weight is 248 g/mol. The molecule has 2 heterocycles. The fraction of sp³-hybridized carbons (Fsp3) is 0.333. The predicted octanol–water partition coefficient (Wildman–Crippen LogP) is 2.06. The van der Waals surface area contributed by atoms with Crippen molar-refractivity contribution in [3.63, 3.8) is 0 Å². The second kappa shape index (κ2) is 4.29. The van der Waals surface area contributed by atoms with E-state index in [0.717, 1.165) is 25.9 Å². The van der Waals surface area contributed by atoms with Crippen LogP contribution in [0.1, 0.15) is 12.8 Å². The van der Waals surface area contributed by atoms with Gasteiger partial charge in [-0.2, -0.15) is 4.98 Å². The Labute approximate surface area is 103 Å². The van der Waals surface area contributed by atoms with E-state index in [1.165, 1.54) is 18.2 Å². The van der Waals surface area contributed by atoms with Crippen LogP contribution >= 0.6 is 0 Å². The van der Waals surface area contributed by atoms with Gasteiger partial charge in [0.25, 0.3) is 11.8 Å². The maximum Gasteiger partial charge on any atom is 0.266 e. The molecule has 1 fully saturated rings. The highest BCUT2D eigenvalue weighted by Gasteiger charge is 2.19. The van der Waals surface area contributed by atoms with Gasteiger partial charge in [-0.05, 0) is 36.2 Å². The third-order valence-corrected chi connectivity index (χ3v) is 3.05. The highest BCUT2D eigenvalue weighted by molar-refractivity contribution is 5.70. The second-order valence-corrected chi connectivity index (χ2v) is 4.33. The molecule has 1 saturated heterocycles. The topological polar surface area (TPSA) is 68.2 Å². The standard InChI is InChI=1S/C12H13FN4O/c13-8-3-4-10(14)9(7-8)11-15-12(16-18-11)17-5-1-2-6-17/h3-4,7H,1-2,5-6,14H2. The van der Waals surface area contributed by atoms with Gasteiger partial charge in [0, 0.05) is 18.8 Å². The van der Waals surface area contributed by atoms with E-state index < -0.39 is 0 Å². The normalized spacial score (nSPS) is 15.3. The zero-order valence-electron chi connectivity index (χ0n) is 9.77. The van der Waals surface area contributed by atoms with Gasteiger partial charge < -0.3 is 15.2 Å². The van der Waals surface area contributed by atoms with Crippen molar-refractivity contribution in [1.29, 1.82) is 0 Å². The summed E-state index contributed by atoms with van der Waals surface area (Å²) in [6.07, 6.45) is 2.26. The van der Waals surface area contributed by atoms with E-state index in [2.05, 4.69) is 10.1 Å². The summed E-state index contributed by atoms with van der Waals surface area (Å²) in [4.78, 5) is 6.31. The van der Waals surface area contributed by atoms with Gasteiger partial charge in [0.05, 0.1) is 5.56 Å². The minimum absolute atomic E-state index is 0.258. The molecule has 0 amide bonds. The van der Waals surface area contributed by atoms with Crippen molar-refractivity contribution in [2.24, 2.45) is 0 Å². The maximum atomic E-state index is 13.2. The molecule has 18 heavy (non-hydrogen) atoms. The minimum atomic E-state index is -0.375. The van der Waals surface area contributed by atoms with Gasteiger partial charge in [0.2, 0.25) is 0 Å². The molecule has 1 aliphatic heterocycles. The molecular weight excluding hydrogens is 235 g/mol. The van der Waals surface area contributed by atoms with Crippen LogP contribution in [0, 0.1) is 5.82 Å². The van der Waals surface area contributed by atoms with Crippen molar-refractivity contribution in [2.75, 3.05) is 23.7 Å². The fourth-order valence-electron chi connectivity index (χ4n) is 2.08. The third kappa shape index (κ3) is 1.90. The first-order valence-corrected chi connectivity index (χ1v) is 5.88. The number of hydrogen-bond donors (Lipinski definition) is 1. The van der Waals surface area contributed by atoms with Gasteiger partial charge in [-0.25, -0.2) is 4.39 Å². The summed E-state index contributed by atoms with van der Waals surface area (Å²) in [5, 5.41) is 3.91. The summed E-state index contributed by atoms with van der Waals surface area (Å²) in [7, 11) is 0. The van der Waals surface area contributed by atoms with Gasteiger partial charge in [-0.3, -0.25) is 0 Å². The number of rotatable bonds is 2. The Morgan fingerprint density at radius 3 is 2.83 bits per heavy atom. The van der Waals surface area contributed by atoms with E-state index in [9.17, 15) is 4.39 Å². The summed E-state index contributed by atoms with van der Waals surface area (Å²) in [6, 6.07) is 4.09. The summed E-state index contributed by atoms with van der Waals surface area (Å²) in [6.45, 7) is 1.86. The molecule has 2 aromatic rings. The average Bonchev–Trinajstić information content (AvgIpc) is 3.00. The number of nitrogen functional groups attached to an aromatic ring is 1. The molecule has 0 bridgehead atoms. The first kappa shape index (κ1) is 11.0. The minimum Gasteiger partial charge on any atom is -0.398 e. The van der Waals surface area contributed by atoms with Gasteiger partial charge >= 0.3 is 0 Å². The fourth-order valence-corrected chi connectivity index (χ4v) is 2.08. The summed E-state index contributed by atoms with van der Waals surface area (Å²) in [5.41, 5.74) is 6.64. The molecule has 1 aromatic heterocycles. The summed E-state index contributed by atoms with van der Waals surface area (Å²) < 4.78 is 18.3. The Morgan fingerprint density at radius 2 is 2.06 bits per heavy atom. The molecule has 1 aliphatic rings. The Hall–Kier alpha value is -2.11. The number of benzene rings is 1. The zero-order valence-corrected chi connectivity index (χ0v) is 9.77. The van der Waals surface area contributed by atoms with E-state index in [-0.39, 0.29) is 11.7 Å². The second-order valence-electron chi connectivity index (χ2n) is 4.33. The largest absolute Gasteiger partial charge is 0.398 e. The summed E-state index contributed by atoms with van der Waals surface area (Å²) >= 11 is 0. The quantitative estimate of drug-likeness (QED) is 0.824. The van der Waals surface area contributed by atoms with Crippen molar-refractivity contribution in [1.82, 2.24) is 10.1 Å². The number of halogens is 1. The Bertz CT molecular complexity index is 563. The van der Waals surface area contributed by atoms with Crippen molar-refractivity contribution in [3.8, 4) is 11.5 Å². The van der Waals surface area contributed by atoms with Crippen LogP contribution in [0.5, 0.6) is 0 Å². The highest BCUT2D eigenvalue weighted by atomic mass is 19.1. The lowest BCUT2D eigenvalue weighted by Crippen LogP contribution is -2.18. The van der Waals surface area contributed by atoms with E-state index >= 15 is 0 Å². The number of anilines is 2. The molecule has 0 aliphatic carbocycles. The lowest BCUT2D eigenvalue weighted by atomic mass is 10.2.